The van der Waals surface area contributed by atoms with E-state index in [0.29, 0.717) is 23.7 Å². The van der Waals surface area contributed by atoms with Crippen molar-refractivity contribution < 1.29 is 9.47 Å². The average molecular weight is 410 g/mol. The van der Waals surface area contributed by atoms with Crippen molar-refractivity contribution in [2.75, 3.05) is 26.8 Å². The summed E-state index contributed by atoms with van der Waals surface area (Å²) in [5.41, 5.74) is 1.29. The molecule has 1 N–H and O–H groups in total. The van der Waals surface area contributed by atoms with Gasteiger partial charge in [0.2, 0.25) is 0 Å². The number of fused-ring (bicyclic) bond motifs is 1. The van der Waals surface area contributed by atoms with Crippen LogP contribution in [0.3, 0.4) is 0 Å². The van der Waals surface area contributed by atoms with Gasteiger partial charge < -0.3 is 14.5 Å². The van der Waals surface area contributed by atoms with Crippen molar-refractivity contribution in [1.29, 1.82) is 0 Å². The van der Waals surface area contributed by atoms with E-state index in [1.807, 2.05) is 28.9 Å². The Hall–Kier alpha value is -2.78. The number of pyridine rings is 1. The fourth-order valence-electron chi connectivity index (χ4n) is 4.54. The zero-order chi connectivity index (χ0) is 20.5. The van der Waals surface area contributed by atoms with Crippen LogP contribution in [0.4, 0.5) is 0 Å². The van der Waals surface area contributed by atoms with Gasteiger partial charge in [-0.05, 0) is 72.8 Å². The number of nitrogens with one attached hydrogen (secondary N) is 1. The molecule has 2 unspecified atom stereocenters. The third kappa shape index (κ3) is 3.59. The lowest BCUT2D eigenvalue weighted by Gasteiger charge is -2.27. The largest absolute Gasteiger partial charge is 0.497 e. The summed E-state index contributed by atoms with van der Waals surface area (Å²) in [7, 11) is 1.62. The number of methoxy groups -OCH3 is 1. The number of nitrogens with zero attached hydrogens (tertiary/aromatic N) is 5. The van der Waals surface area contributed by atoms with Gasteiger partial charge in [0, 0.05) is 18.2 Å². The van der Waals surface area contributed by atoms with Gasteiger partial charge in [-0.25, -0.2) is 4.68 Å². The molecule has 0 spiro atoms. The van der Waals surface area contributed by atoms with Crippen molar-refractivity contribution in [1.82, 2.24) is 30.1 Å². The van der Waals surface area contributed by atoms with Crippen LogP contribution in [-0.4, -0.2) is 63.0 Å². The van der Waals surface area contributed by atoms with Crippen molar-refractivity contribution in [2.24, 2.45) is 0 Å². The predicted octanol–water partition coefficient (Wildman–Crippen LogP) is 1.89. The van der Waals surface area contributed by atoms with E-state index in [4.69, 9.17) is 9.47 Å². The second-order valence-corrected chi connectivity index (χ2v) is 8.01. The van der Waals surface area contributed by atoms with Crippen molar-refractivity contribution >= 4 is 10.9 Å². The van der Waals surface area contributed by atoms with Crippen LogP contribution in [0, 0.1) is 0 Å². The van der Waals surface area contributed by atoms with E-state index in [2.05, 4.69) is 25.4 Å². The van der Waals surface area contributed by atoms with Crippen molar-refractivity contribution in [3.05, 3.63) is 46.0 Å². The standard InChI is InChI=1S/C21H26N6O3/c1-29-15-7-6-14-11-17(21(28)22-18(14)12-15)19(26-8-2-3-9-26)20-23-24-25-27(20)13-16-5-4-10-30-16/h6-7,11-12,16,19H,2-5,8-10,13H2,1H3,(H,22,28). The molecule has 0 amide bonds. The monoisotopic (exact) mass is 410 g/mol. The van der Waals surface area contributed by atoms with E-state index >= 15 is 0 Å². The van der Waals surface area contributed by atoms with Crippen LogP contribution in [0.2, 0.25) is 0 Å². The lowest BCUT2D eigenvalue weighted by atomic mass is 10.0. The van der Waals surface area contributed by atoms with Gasteiger partial charge in [0.05, 0.1) is 25.3 Å². The number of aromatic nitrogens is 5. The van der Waals surface area contributed by atoms with Gasteiger partial charge in [-0.15, -0.1) is 5.10 Å². The number of aromatic amines is 1. The lowest BCUT2D eigenvalue weighted by molar-refractivity contribution is 0.0912. The molecule has 0 bridgehead atoms. The third-order valence-corrected chi connectivity index (χ3v) is 6.09. The van der Waals surface area contributed by atoms with Gasteiger partial charge in [-0.2, -0.15) is 0 Å². The van der Waals surface area contributed by atoms with E-state index in [-0.39, 0.29) is 17.7 Å². The van der Waals surface area contributed by atoms with Crippen molar-refractivity contribution in [3.8, 4) is 5.75 Å². The Morgan fingerprint density at radius 3 is 2.90 bits per heavy atom. The Labute approximate surface area is 174 Å². The second-order valence-electron chi connectivity index (χ2n) is 8.01. The van der Waals surface area contributed by atoms with Gasteiger partial charge in [0.1, 0.15) is 11.8 Å². The highest BCUT2D eigenvalue weighted by molar-refractivity contribution is 5.80. The van der Waals surface area contributed by atoms with E-state index in [1.54, 1.807) is 7.11 Å². The maximum atomic E-state index is 13.2. The molecule has 158 valence electrons. The molecule has 0 aliphatic carbocycles. The van der Waals surface area contributed by atoms with Crippen LogP contribution in [-0.2, 0) is 11.3 Å². The molecule has 2 aliphatic rings. The highest BCUT2D eigenvalue weighted by Gasteiger charge is 2.32. The lowest BCUT2D eigenvalue weighted by Crippen LogP contribution is -2.34. The molecule has 3 aromatic rings. The smallest absolute Gasteiger partial charge is 0.253 e. The van der Waals surface area contributed by atoms with Crippen LogP contribution in [0.15, 0.2) is 29.1 Å². The molecule has 2 aromatic heterocycles. The Morgan fingerprint density at radius 1 is 1.27 bits per heavy atom. The third-order valence-electron chi connectivity index (χ3n) is 6.09. The zero-order valence-corrected chi connectivity index (χ0v) is 17.1. The van der Waals surface area contributed by atoms with Crippen LogP contribution in [0.5, 0.6) is 5.75 Å². The van der Waals surface area contributed by atoms with E-state index in [0.717, 1.165) is 56.3 Å². The molecule has 2 fully saturated rings. The molecule has 9 nitrogen and oxygen atoms in total. The van der Waals surface area contributed by atoms with Gasteiger partial charge in [0.15, 0.2) is 5.82 Å². The van der Waals surface area contributed by atoms with Crippen molar-refractivity contribution in [2.45, 2.75) is 44.4 Å². The van der Waals surface area contributed by atoms with Gasteiger partial charge in [-0.3, -0.25) is 9.69 Å². The summed E-state index contributed by atoms with van der Waals surface area (Å²) < 4.78 is 12.9. The summed E-state index contributed by atoms with van der Waals surface area (Å²) in [6, 6.07) is 7.37. The molecule has 2 atom stereocenters. The number of H-pyrrole nitrogens is 1. The molecule has 0 saturated carbocycles. The molecule has 1 aromatic carbocycles. The normalized spacial score (nSPS) is 20.8. The van der Waals surface area contributed by atoms with Crippen LogP contribution >= 0.6 is 0 Å². The quantitative estimate of drug-likeness (QED) is 0.663. The summed E-state index contributed by atoms with van der Waals surface area (Å²) in [6.07, 6.45) is 4.39. The number of ether oxygens (including phenoxy) is 2. The maximum Gasteiger partial charge on any atom is 0.253 e. The number of tetrazole rings is 1. The highest BCUT2D eigenvalue weighted by atomic mass is 16.5. The number of likely N-dealkylation sites (tertiary alicyclic amines) is 1. The van der Waals surface area contributed by atoms with Crippen LogP contribution < -0.4 is 10.3 Å². The second kappa shape index (κ2) is 8.16. The fourth-order valence-corrected chi connectivity index (χ4v) is 4.54. The molecule has 4 heterocycles. The molecular weight excluding hydrogens is 384 g/mol. The maximum absolute atomic E-state index is 13.2. The van der Waals surface area contributed by atoms with E-state index < -0.39 is 0 Å². The first kappa shape index (κ1) is 19.2. The van der Waals surface area contributed by atoms with Gasteiger partial charge in [-0.1, -0.05) is 0 Å². The van der Waals surface area contributed by atoms with Gasteiger partial charge in [0.25, 0.3) is 5.56 Å². The molecule has 2 saturated heterocycles. The first-order valence-corrected chi connectivity index (χ1v) is 10.6. The van der Waals surface area contributed by atoms with Crippen molar-refractivity contribution in [3.63, 3.8) is 0 Å². The Balaban J connectivity index is 1.58. The molecule has 9 heteroatoms. The first-order valence-electron chi connectivity index (χ1n) is 10.6. The predicted molar refractivity (Wildman–Crippen MR) is 111 cm³/mol. The van der Waals surface area contributed by atoms with Crippen LogP contribution in [0.1, 0.15) is 43.1 Å². The SMILES string of the molecule is COc1ccc2cc(C(c3nnnn3CC3CCCO3)N3CCCC3)c(=O)[nH]c2c1. The summed E-state index contributed by atoms with van der Waals surface area (Å²) in [5.74, 6) is 1.41. The number of hydrogen-bond acceptors (Lipinski definition) is 7. The van der Waals surface area contributed by atoms with E-state index in [9.17, 15) is 4.79 Å². The summed E-state index contributed by atoms with van der Waals surface area (Å²) in [4.78, 5) is 18.5. The Morgan fingerprint density at radius 2 is 2.13 bits per heavy atom. The summed E-state index contributed by atoms with van der Waals surface area (Å²) in [6.45, 7) is 3.22. The Bertz CT molecular complexity index is 1080. The van der Waals surface area contributed by atoms with Crippen LogP contribution in [0.25, 0.3) is 10.9 Å². The molecule has 30 heavy (non-hydrogen) atoms. The molecule has 0 radical (unpaired) electrons. The fraction of sp³-hybridized carbons (Fsp3) is 0.524. The summed E-state index contributed by atoms with van der Waals surface area (Å²) >= 11 is 0. The number of benzene rings is 1. The molecule has 5 rings (SSSR count). The first-order chi connectivity index (χ1) is 14.7. The van der Waals surface area contributed by atoms with Gasteiger partial charge >= 0.3 is 0 Å². The minimum Gasteiger partial charge on any atom is -0.497 e. The zero-order valence-electron chi connectivity index (χ0n) is 17.1. The number of rotatable bonds is 6. The summed E-state index contributed by atoms with van der Waals surface area (Å²) in [5, 5.41) is 13.5. The number of hydrogen-bond donors (Lipinski definition) is 1. The van der Waals surface area contributed by atoms with E-state index in [1.165, 1.54) is 0 Å². The molecular formula is C21H26N6O3. The Kier molecular flexibility index (Phi) is 5.22. The topological polar surface area (TPSA) is 98.2 Å². The molecule has 2 aliphatic heterocycles. The average Bonchev–Trinajstić information content (AvgIpc) is 3.53. The highest BCUT2D eigenvalue weighted by Crippen LogP contribution is 2.30. The minimum atomic E-state index is -0.292. The minimum absolute atomic E-state index is 0.119.